The lowest BCUT2D eigenvalue weighted by Crippen LogP contribution is -2.32. The van der Waals surface area contributed by atoms with Gasteiger partial charge in [-0.2, -0.15) is 0 Å². The molecule has 3 N–H and O–H groups in total. The van der Waals surface area contributed by atoms with Crippen LogP contribution in [-0.4, -0.2) is 7.11 Å². The molecule has 0 saturated carbocycles. The Balaban J connectivity index is 2.95. The average molecular weight is 240 g/mol. The Morgan fingerprint density at radius 1 is 1.47 bits per heavy atom. The molecule has 17 heavy (non-hydrogen) atoms. The number of methoxy groups -OCH3 is 1. The third-order valence-corrected chi connectivity index (χ3v) is 3.03. The molecule has 0 aromatic heterocycles. The van der Waals surface area contributed by atoms with Gasteiger partial charge < -0.3 is 4.74 Å². The van der Waals surface area contributed by atoms with Gasteiger partial charge in [0.25, 0.3) is 0 Å². The first-order chi connectivity index (χ1) is 8.13. The van der Waals surface area contributed by atoms with Crippen molar-refractivity contribution in [3.05, 3.63) is 29.6 Å². The number of nitrogens with two attached hydrogens (primary N) is 1. The molecule has 0 aliphatic rings. The van der Waals surface area contributed by atoms with Crippen LogP contribution in [0.1, 0.15) is 38.3 Å². The molecule has 4 heteroatoms. The summed E-state index contributed by atoms with van der Waals surface area (Å²) in [7, 11) is 1.46. The van der Waals surface area contributed by atoms with Crippen LogP contribution in [0, 0.1) is 11.7 Å². The topological polar surface area (TPSA) is 47.3 Å². The highest BCUT2D eigenvalue weighted by Gasteiger charge is 2.18. The minimum Gasteiger partial charge on any atom is -0.494 e. The maximum Gasteiger partial charge on any atom is 0.165 e. The van der Waals surface area contributed by atoms with E-state index >= 15 is 0 Å². The van der Waals surface area contributed by atoms with Crippen LogP contribution in [0.4, 0.5) is 4.39 Å². The van der Waals surface area contributed by atoms with Crippen molar-refractivity contribution in [3.8, 4) is 5.75 Å². The van der Waals surface area contributed by atoms with Gasteiger partial charge in [0.05, 0.1) is 7.11 Å². The van der Waals surface area contributed by atoms with E-state index in [4.69, 9.17) is 10.6 Å². The normalized spacial score (nSPS) is 14.4. The van der Waals surface area contributed by atoms with Gasteiger partial charge in [-0.3, -0.25) is 11.3 Å². The minimum atomic E-state index is -0.352. The number of benzene rings is 1. The first-order valence-electron chi connectivity index (χ1n) is 5.93. The lowest BCUT2D eigenvalue weighted by Gasteiger charge is -2.23. The van der Waals surface area contributed by atoms with Crippen molar-refractivity contribution in [2.75, 3.05) is 7.11 Å². The summed E-state index contributed by atoms with van der Waals surface area (Å²) in [5.74, 6) is 5.87. The number of rotatable bonds is 6. The molecule has 96 valence electrons. The predicted octanol–water partition coefficient (Wildman–Crippen LogP) is 2.77. The van der Waals surface area contributed by atoms with Gasteiger partial charge in [-0.05, 0) is 30.0 Å². The molecular weight excluding hydrogens is 219 g/mol. The number of ether oxygens (including phenoxy) is 1. The van der Waals surface area contributed by atoms with Crippen LogP contribution in [0.5, 0.6) is 5.75 Å². The fraction of sp³-hybridized carbons (Fsp3) is 0.538. The SMILES string of the molecule is CCCC(C)C(NN)c1ccc(F)c(OC)c1. The summed E-state index contributed by atoms with van der Waals surface area (Å²) in [6, 6.07) is 4.88. The smallest absolute Gasteiger partial charge is 0.165 e. The molecule has 0 spiro atoms. The standard InChI is InChI=1S/C13H21FN2O/c1-4-5-9(2)13(16-15)10-6-7-11(14)12(8-10)17-3/h6-9,13,16H,4-5,15H2,1-3H3. The van der Waals surface area contributed by atoms with Crippen LogP contribution in [0.15, 0.2) is 18.2 Å². The van der Waals surface area contributed by atoms with Crippen LogP contribution in [-0.2, 0) is 0 Å². The monoisotopic (exact) mass is 240 g/mol. The Morgan fingerprint density at radius 2 is 2.18 bits per heavy atom. The number of nitrogens with one attached hydrogen (secondary N) is 1. The van der Waals surface area contributed by atoms with Gasteiger partial charge in [0.15, 0.2) is 11.6 Å². The summed E-state index contributed by atoms with van der Waals surface area (Å²) in [6.07, 6.45) is 2.16. The Bertz CT molecular complexity index is 357. The average Bonchev–Trinajstić information content (AvgIpc) is 2.32. The van der Waals surface area contributed by atoms with Crippen molar-refractivity contribution < 1.29 is 9.13 Å². The van der Waals surface area contributed by atoms with E-state index in [1.54, 1.807) is 12.1 Å². The number of hydrazine groups is 1. The Morgan fingerprint density at radius 3 is 2.71 bits per heavy atom. The third kappa shape index (κ3) is 3.41. The van der Waals surface area contributed by atoms with Gasteiger partial charge >= 0.3 is 0 Å². The molecule has 0 fully saturated rings. The Kier molecular flexibility index (Phi) is 5.38. The van der Waals surface area contributed by atoms with Crippen LogP contribution in [0.25, 0.3) is 0 Å². The van der Waals surface area contributed by atoms with Crippen molar-refractivity contribution in [3.63, 3.8) is 0 Å². The van der Waals surface area contributed by atoms with E-state index in [2.05, 4.69) is 19.3 Å². The van der Waals surface area contributed by atoms with Crippen LogP contribution in [0.2, 0.25) is 0 Å². The second kappa shape index (κ2) is 6.57. The van der Waals surface area contributed by atoms with Crippen LogP contribution in [0.3, 0.4) is 0 Å². The maximum atomic E-state index is 13.3. The molecule has 1 rings (SSSR count). The molecule has 3 nitrogen and oxygen atoms in total. The van der Waals surface area contributed by atoms with Gasteiger partial charge in [-0.15, -0.1) is 0 Å². The molecule has 0 amide bonds. The third-order valence-electron chi connectivity index (χ3n) is 3.03. The van der Waals surface area contributed by atoms with Crippen molar-refractivity contribution in [2.45, 2.75) is 32.7 Å². The van der Waals surface area contributed by atoms with Crippen molar-refractivity contribution in [1.82, 2.24) is 5.43 Å². The van der Waals surface area contributed by atoms with Gasteiger partial charge in [-0.1, -0.05) is 26.3 Å². The maximum absolute atomic E-state index is 13.3. The van der Waals surface area contributed by atoms with E-state index < -0.39 is 0 Å². The first kappa shape index (κ1) is 13.9. The lowest BCUT2D eigenvalue weighted by atomic mass is 9.91. The molecule has 0 saturated heterocycles. The highest BCUT2D eigenvalue weighted by molar-refractivity contribution is 5.32. The molecule has 0 radical (unpaired) electrons. The fourth-order valence-corrected chi connectivity index (χ4v) is 2.08. The molecule has 0 aliphatic carbocycles. The molecule has 1 aromatic carbocycles. The molecule has 0 bridgehead atoms. The molecule has 0 aliphatic heterocycles. The van der Waals surface area contributed by atoms with Crippen molar-refractivity contribution in [1.29, 1.82) is 0 Å². The lowest BCUT2D eigenvalue weighted by molar-refractivity contribution is 0.360. The molecule has 2 unspecified atom stereocenters. The minimum absolute atomic E-state index is 0.0180. The van der Waals surface area contributed by atoms with Crippen molar-refractivity contribution in [2.24, 2.45) is 11.8 Å². The summed E-state index contributed by atoms with van der Waals surface area (Å²) >= 11 is 0. The zero-order chi connectivity index (χ0) is 12.8. The highest BCUT2D eigenvalue weighted by atomic mass is 19.1. The van der Waals surface area contributed by atoms with E-state index in [0.29, 0.717) is 5.92 Å². The van der Waals surface area contributed by atoms with Crippen LogP contribution < -0.4 is 16.0 Å². The second-order valence-corrected chi connectivity index (χ2v) is 4.30. The number of halogens is 1. The summed E-state index contributed by atoms with van der Waals surface area (Å²) < 4.78 is 18.3. The van der Waals surface area contributed by atoms with E-state index in [9.17, 15) is 4.39 Å². The quantitative estimate of drug-likeness (QED) is 0.593. The predicted molar refractivity (Wildman–Crippen MR) is 67.1 cm³/mol. The number of hydrogen-bond acceptors (Lipinski definition) is 3. The molecule has 2 atom stereocenters. The Labute approximate surface area is 102 Å². The molecule has 0 heterocycles. The van der Waals surface area contributed by atoms with Gasteiger partial charge in [0.2, 0.25) is 0 Å². The van der Waals surface area contributed by atoms with Crippen molar-refractivity contribution >= 4 is 0 Å². The molecule has 1 aromatic rings. The van der Waals surface area contributed by atoms with E-state index in [1.807, 2.05) is 0 Å². The second-order valence-electron chi connectivity index (χ2n) is 4.30. The zero-order valence-electron chi connectivity index (χ0n) is 10.7. The molecular formula is C13H21FN2O. The van der Waals surface area contributed by atoms with Gasteiger partial charge in [0.1, 0.15) is 0 Å². The van der Waals surface area contributed by atoms with Gasteiger partial charge in [-0.25, -0.2) is 4.39 Å². The zero-order valence-corrected chi connectivity index (χ0v) is 10.7. The number of hydrogen-bond donors (Lipinski definition) is 2. The summed E-state index contributed by atoms with van der Waals surface area (Å²) in [4.78, 5) is 0. The summed E-state index contributed by atoms with van der Waals surface area (Å²) in [5.41, 5.74) is 3.75. The Hall–Kier alpha value is -1.13. The largest absolute Gasteiger partial charge is 0.494 e. The first-order valence-corrected chi connectivity index (χ1v) is 5.93. The summed E-state index contributed by atoms with van der Waals surface area (Å²) in [6.45, 7) is 4.26. The van der Waals surface area contributed by atoms with E-state index in [0.717, 1.165) is 18.4 Å². The summed E-state index contributed by atoms with van der Waals surface area (Å²) in [5, 5.41) is 0. The fourth-order valence-electron chi connectivity index (χ4n) is 2.08. The van der Waals surface area contributed by atoms with E-state index in [1.165, 1.54) is 13.2 Å². The van der Waals surface area contributed by atoms with E-state index in [-0.39, 0.29) is 17.6 Å². The van der Waals surface area contributed by atoms with Gasteiger partial charge in [0, 0.05) is 6.04 Å². The van der Waals surface area contributed by atoms with Crippen LogP contribution >= 0.6 is 0 Å². The highest BCUT2D eigenvalue weighted by Crippen LogP contribution is 2.28.